The molecule has 246 valence electrons. The Kier molecular flexibility index (Phi) is 10.6. The Balaban J connectivity index is 1.27. The zero-order chi connectivity index (χ0) is 33.6. The van der Waals surface area contributed by atoms with Gasteiger partial charge in [-0.25, -0.2) is 4.79 Å². The standard InChI is InChI=1S/C37H38F3N3O4/c1-3-47-36(46)34-26(2)43(33(44)24-32(34)29-14-16-31(17-15-29)37(38,39)40)25-28-11-7-13-30(23-28)35(45)42-21-19-41(20-22-42)18-8-12-27-9-5-4-6-10-27/h4-17,23,32H,3,18-22,24-25H2,1-2H3/b12-8+. The van der Waals surface area contributed by atoms with Gasteiger partial charge in [-0.3, -0.25) is 14.5 Å². The molecule has 0 aromatic heterocycles. The van der Waals surface area contributed by atoms with Crippen LogP contribution < -0.4 is 0 Å². The van der Waals surface area contributed by atoms with Gasteiger partial charge in [0.25, 0.3) is 5.91 Å². The molecule has 0 spiro atoms. The predicted molar refractivity (Wildman–Crippen MR) is 173 cm³/mol. The molecule has 1 fully saturated rings. The van der Waals surface area contributed by atoms with Crippen LogP contribution in [0.2, 0.25) is 0 Å². The first kappa shape index (κ1) is 33.7. The van der Waals surface area contributed by atoms with Crippen LogP contribution in [-0.2, 0) is 27.0 Å². The number of benzene rings is 3. The van der Waals surface area contributed by atoms with Crippen LogP contribution in [0.3, 0.4) is 0 Å². The molecule has 2 amide bonds. The highest BCUT2D eigenvalue weighted by molar-refractivity contribution is 5.96. The number of alkyl halides is 3. The average Bonchev–Trinajstić information content (AvgIpc) is 3.07. The average molecular weight is 646 g/mol. The van der Waals surface area contributed by atoms with Gasteiger partial charge in [0.05, 0.1) is 24.3 Å². The van der Waals surface area contributed by atoms with Crippen LogP contribution >= 0.6 is 0 Å². The summed E-state index contributed by atoms with van der Waals surface area (Å²) in [6, 6.07) is 21.7. The summed E-state index contributed by atoms with van der Waals surface area (Å²) in [7, 11) is 0. The molecule has 2 aliphatic rings. The van der Waals surface area contributed by atoms with E-state index in [1.54, 1.807) is 32.0 Å². The van der Waals surface area contributed by atoms with E-state index >= 15 is 0 Å². The fraction of sp³-hybridized carbons (Fsp3) is 0.324. The number of ether oxygens (including phenoxy) is 1. The zero-order valence-electron chi connectivity index (χ0n) is 26.5. The van der Waals surface area contributed by atoms with E-state index in [4.69, 9.17) is 4.74 Å². The van der Waals surface area contributed by atoms with Gasteiger partial charge in [0.1, 0.15) is 0 Å². The van der Waals surface area contributed by atoms with Gasteiger partial charge in [0, 0.05) is 56.3 Å². The van der Waals surface area contributed by atoms with Gasteiger partial charge in [-0.05, 0) is 54.8 Å². The van der Waals surface area contributed by atoms with Gasteiger partial charge in [-0.2, -0.15) is 13.2 Å². The minimum absolute atomic E-state index is 0.0851. The summed E-state index contributed by atoms with van der Waals surface area (Å²) in [5, 5.41) is 0. The summed E-state index contributed by atoms with van der Waals surface area (Å²) in [6.45, 7) is 7.05. The number of hydrogen-bond acceptors (Lipinski definition) is 5. The number of allylic oxidation sites excluding steroid dienone is 1. The predicted octanol–water partition coefficient (Wildman–Crippen LogP) is 6.53. The smallest absolute Gasteiger partial charge is 0.416 e. The van der Waals surface area contributed by atoms with Crippen LogP contribution in [0.1, 0.15) is 58.8 Å². The third-order valence-corrected chi connectivity index (χ3v) is 8.61. The Hall–Kier alpha value is -4.70. The molecule has 3 aromatic carbocycles. The Morgan fingerprint density at radius 3 is 2.30 bits per heavy atom. The van der Waals surface area contributed by atoms with Gasteiger partial charge in [-0.1, -0.05) is 66.7 Å². The Bertz CT molecular complexity index is 1640. The summed E-state index contributed by atoms with van der Waals surface area (Å²) < 4.78 is 44.8. The molecule has 5 rings (SSSR count). The minimum atomic E-state index is -4.50. The summed E-state index contributed by atoms with van der Waals surface area (Å²) >= 11 is 0. The number of rotatable bonds is 9. The summed E-state index contributed by atoms with van der Waals surface area (Å²) in [6.07, 6.45) is -0.385. The number of esters is 1. The molecule has 0 aliphatic carbocycles. The number of carbonyl (C=O) groups is 3. The number of hydrogen-bond donors (Lipinski definition) is 0. The molecular weight excluding hydrogens is 607 g/mol. The van der Waals surface area contributed by atoms with E-state index in [9.17, 15) is 27.6 Å². The topological polar surface area (TPSA) is 70.2 Å². The van der Waals surface area contributed by atoms with E-state index in [-0.39, 0.29) is 37.0 Å². The van der Waals surface area contributed by atoms with Crippen LogP contribution in [0.5, 0.6) is 0 Å². The molecule has 2 heterocycles. The lowest BCUT2D eigenvalue weighted by Crippen LogP contribution is -2.48. The molecule has 3 aromatic rings. The second kappa shape index (κ2) is 14.8. The molecule has 1 saturated heterocycles. The number of carbonyl (C=O) groups excluding carboxylic acids is 3. The van der Waals surface area contributed by atoms with E-state index in [0.29, 0.717) is 35.5 Å². The molecule has 0 saturated carbocycles. The molecule has 0 radical (unpaired) electrons. The third kappa shape index (κ3) is 8.18. The zero-order valence-corrected chi connectivity index (χ0v) is 26.5. The summed E-state index contributed by atoms with van der Waals surface area (Å²) in [4.78, 5) is 45.7. The first-order chi connectivity index (χ1) is 22.5. The van der Waals surface area contributed by atoms with Crippen LogP contribution in [0.4, 0.5) is 13.2 Å². The van der Waals surface area contributed by atoms with Crippen LogP contribution in [0, 0.1) is 0 Å². The first-order valence-corrected chi connectivity index (χ1v) is 15.7. The molecule has 0 N–H and O–H groups in total. The van der Waals surface area contributed by atoms with Crippen molar-refractivity contribution in [2.45, 2.75) is 38.9 Å². The highest BCUT2D eigenvalue weighted by Crippen LogP contribution is 2.39. The number of nitrogens with zero attached hydrogens (tertiary/aromatic N) is 3. The fourth-order valence-corrected chi connectivity index (χ4v) is 6.07. The molecule has 0 bridgehead atoms. The maximum Gasteiger partial charge on any atom is 0.416 e. The SMILES string of the molecule is CCOC(=O)C1=C(C)N(Cc2cccc(C(=O)N3CCN(C/C=C/c4ccccc4)CC3)c2)C(=O)CC1c1ccc(C(F)(F)F)cc1. The molecule has 2 aliphatic heterocycles. The molecule has 47 heavy (non-hydrogen) atoms. The third-order valence-electron chi connectivity index (χ3n) is 8.61. The highest BCUT2D eigenvalue weighted by Gasteiger charge is 2.38. The largest absolute Gasteiger partial charge is 0.463 e. The van der Waals surface area contributed by atoms with Crippen molar-refractivity contribution in [3.05, 3.63) is 124 Å². The van der Waals surface area contributed by atoms with Crippen molar-refractivity contribution in [2.75, 3.05) is 39.3 Å². The van der Waals surface area contributed by atoms with Crippen LogP contribution in [-0.4, -0.2) is 71.8 Å². The normalized spacial score (nSPS) is 17.8. The van der Waals surface area contributed by atoms with Crippen molar-refractivity contribution in [3.8, 4) is 0 Å². The number of piperazine rings is 1. The lowest BCUT2D eigenvalue weighted by molar-refractivity contribution is -0.140. The van der Waals surface area contributed by atoms with E-state index in [1.165, 1.54) is 17.0 Å². The van der Waals surface area contributed by atoms with E-state index < -0.39 is 23.6 Å². The second-order valence-electron chi connectivity index (χ2n) is 11.7. The Morgan fingerprint density at radius 1 is 0.936 bits per heavy atom. The Morgan fingerprint density at radius 2 is 1.64 bits per heavy atom. The van der Waals surface area contributed by atoms with Gasteiger partial charge < -0.3 is 14.5 Å². The van der Waals surface area contributed by atoms with Crippen molar-refractivity contribution >= 4 is 23.9 Å². The van der Waals surface area contributed by atoms with E-state index in [0.717, 1.165) is 37.3 Å². The molecule has 1 atom stereocenters. The van der Waals surface area contributed by atoms with Crippen LogP contribution in [0.25, 0.3) is 6.08 Å². The lowest BCUT2D eigenvalue weighted by Gasteiger charge is -2.35. The summed E-state index contributed by atoms with van der Waals surface area (Å²) in [5.41, 5.74) is 2.59. The van der Waals surface area contributed by atoms with Crippen molar-refractivity contribution in [2.24, 2.45) is 0 Å². The summed E-state index contributed by atoms with van der Waals surface area (Å²) in [5.74, 6) is -1.74. The van der Waals surface area contributed by atoms with Gasteiger partial charge in [-0.15, -0.1) is 0 Å². The Labute approximate surface area is 272 Å². The van der Waals surface area contributed by atoms with Crippen molar-refractivity contribution < 1.29 is 32.3 Å². The van der Waals surface area contributed by atoms with E-state index in [2.05, 4.69) is 29.2 Å². The number of halogens is 3. The van der Waals surface area contributed by atoms with Crippen molar-refractivity contribution in [1.82, 2.24) is 14.7 Å². The maximum atomic E-state index is 13.5. The monoisotopic (exact) mass is 645 g/mol. The fourth-order valence-electron chi connectivity index (χ4n) is 6.07. The second-order valence-corrected chi connectivity index (χ2v) is 11.7. The highest BCUT2D eigenvalue weighted by atomic mass is 19.4. The first-order valence-electron chi connectivity index (χ1n) is 15.7. The van der Waals surface area contributed by atoms with Gasteiger partial charge >= 0.3 is 12.1 Å². The van der Waals surface area contributed by atoms with Crippen molar-refractivity contribution in [3.63, 3.8) is 0 Å². The quantitative estimate of drug-likeness (QED) is 0.248. The van der Waals surface area contributed by atoms with Crippen LogP contribution in [0.15, 0.2) is 96.2 Å². The number of amides is 2. The van der Waals surface area contributed by atoms with E-state index in [1.807, 2.05) is 29.2 Å². The molecule has 7 nitrogen and oxygen atoms in total. The molecule has 10 heteroatoms. The van der Waals surface area contributed by atoms with Gasteiger partial charge in [0.15, 0.2) is 0 Å². The minimum Gasteiger partial charge on any atom is -0.463 e. The maximum absolute atomic E-state index is 13.5. The molecular formula is C37H38F3N3O4. The lowest BCUT2D eigenvalue weighted by atomic mass is 9.83. The van der Waals surface area contributed by atoms with Crippen molar-refractivity contribution in [1.29, 1.82) is 0 Å². The van der Waals surface area contributed by atoms with Gasteiger partial charge in [0.2, 0.25) is 5.91 Å². The molecule has 1 unspecified atom stereocenters.